The first-order chi connectivity index (χ1) is 9.95. The van der Waals surface area contributed by atoms with Gasteiger partial charge in [0, 0.05) is 25.8 Å². The van der Waals surface area contributed by atoms with E-state index in [1.54, 1.807) is 13.0 Å². The number of anilines is 1. The van der Waals surface area contributed by atoms with Gasteiger partial charge in [0.15, 0.2) is 5.82 Å². The fourth-order valence-corrected chi connectivity index (χ4v) is 2.05. The van der Waals surface area contributed by atoms with Crippen molar-refractivity contribution in [3.8, 4) is 0 Å². The molecule has 1 aromatic carbocycles. The lowest BCUT2D eigenvalue weighted by Gasteiger charge is -2.13. The summed E-state index contributed by atoms with van der Waals surface area (Å²) < 4.78 is 0. The highest BCUT2D eigenvalue weighted by Crippen LogP contribution is 2.22. The van der Waals surface area contributed by atoms with Crippen LogP contribution >= 0.6 is 11.6 Å². The Kier molecular flexibility index (Phi) is 4.85. The SMILES string of the molecule is Cc1nc(Cl)cc(N=NC(C)c2ccc(N(C)C)cc2)n1. The van der Waals surface area contributed by atoms with Crippen LogP contribution in [0.25, 0.3) is 0 Å². The van der Waals surface area contributed by atoms with Crippen LogP contribution in [0.3, 0.4) is 0 Å². The zero-order valence-electron chi connectivity index (χ0n) is 12.6. The fraction of sp³-hybridized carbons (Fsp3) is 0.333. The van der Waals surface area contributed by atoms with Gasteiger partial charge in [-0.25, -0.2) is 9.97 Å². The lowest BCUT2D eigenvalue weighted by Crippen LogP contribution is -2.08. The maximum absolute atomic E-state index is 5.87. The maximum atomic E-state index is 5.87. The molecule has 110 valence electrons. The molecule has 1 unspecified atom stereocenters. The van der Waals surface area contributed by atoms with E-state index in [-0.39, 0.29) is 6.04 Å². The van der Waals surface area contributed by atoms with E-state index in [0.29, 0.717) is 16.8 Å². The van der Waals surface area contributed by atoms with Gasteiger partial charge in [0.2, 0.25) is 0 Å². The minimum Gasteiger partial charge on any atom is -0.378 e. The predicted molar refractivity (Wildman–Crippen MR) is 85.5 cm³/mol. The van der Waals surface area contributed by atoms with Crippen molar-refractivity contribution in [3.63, 3.8) is 0 Å². The van der Waals surface area contributed by atoms with E-state index in [0.717, 1.165) is 11.3 Å². The highest BCUT2D eigenvalue weighted by molar-refractivity contribution is 6.29. The monoisotopic (exact) mass is 303 g/mol. The van der Waals surface area contributed by atoms with E-state index < -0.39 is 0 Å². The molecule has 0 radical (unpaired) electrons. The Balaban J connectivity index is 2.13. The van der Waals surface area contributed by atoms with Crippen LogP contribution in [-0.2, 0) is 0 Å². The zero-order valence-corrected chi connectivity index (χ0v) is 13.3. The van der Waals surface area contributed by atoms with E-state index in [2.05, 4.69) is 49.4 Å². The van der Waals surface area contributed by atoms with Crippen LogP contribution in [0, 0.1) is 6.92 Å². The Hall–Kier alpha value is -2.01. The summed E-state index contributed by atoms with van der Waals surface area (Å²) in [7, 11) is 4.03. The molecule has 0 aliphatic rings. The minimum absolute atomic E-state index is 0.0461. The second-order valence-electron chi connectivity index (χ2n) is 4.97. The van der Waals surface area contributed by atoms with Crippen molar-refractivity contribution < 1.29 is 0 Å². The van der Waals surface area contributed by atoms with Gasteiger partial charge in [-0.05, 0) is 31.5 Å². The van der Waals surface area contributed by atoms with Crippen molar-refractivity contribution >= 4 is 23.1 Å². The van der Waals surface area contributed by atoms with Crippen LogP contribution in [0.5, 0.6) is 0 Å². The molecular weight excluding hydrogens is 286 g/mol. The summed E-state index contributed by atoms with van der Waals surface area (Å²) >= 11 is 5.87. The van der Waals surface area contributed by atoms with Gasteiger partial charge >= 0.3 is 0 Å². The summed E-state index contributed by atoms with van der Waals surface area (Å²) in [5, 5.41) is 8.80. The molecule has 1 aromatic heterocycles. The molecule has 1 atom stereocenters. The van der Waals surface area contributed by atoms with E-state index in [1.807, 2.05) is 21.0 Å². The molecular formula is C15H18ClN5. The van der Waals surface area contributed by atoms with Gasteiger partial charge in [0.1, 0.15) is 11.0 Å². The molecule has 21 heavy (non-hydrogen) atoms. The third-order valence-corrected chi connectivity index (χ3v) is 3.21. The van der Waals surface area contributed by atoms with E-state index in [4.69, 9.17) is 11.6 Å². The highest BCUT2D eigenvalue weighted by Gasteiger charge is 2.05. The molecule has 0 N–H and O–H groups in total. The smallest absolute Gasteiger partial charge is 0.178 e. The summed E-state index contributed by atoms with van der Waals surface area (Å²) in [4.78, 5) is 10.2. The standard InChI is InChI=1S/C15H18ClN5/c1-10(12-5-7-13(8-6-12)21(3)4)19-20-15-9-14(16)17-11(2)18-15/h5-10H,1-4H3. The molecule has 0 amide bonds. The number of nitrogens with zero attached hydrogens (tertiary/aromatic N) is 5. The molecule has 0 fully saturated rings. The third kappa shape index (κ3) is 4.23. The summed E-state index contributed by atoms with van der Waals surface area (Å²) in [5.41, 5.74) is 2.25. The number of benzene rings is 1. The largest absolute Gasteiger partial charge is 0.378 e. The van der Waals surface area contributed by atoms with Crippen LogP contribution in [0.15, 0.2) is 40.6 Å². The third-order valence-electron chi connectivity index (χ3n) is 3.02. The average Bonchev–Trinajstić information content (AvgIpc) is 2.44. The average molecular weight is 304 g/mol. The molecule has 1 heterocycles. The van der Waals surface area contributed by atoms with Crippen molar-refractivity contribution in [3.05, 3.63) is 46.9 Å². The van der Waals surface area contributed by atoms with Gasteiger partial charge < -0.3 is 4.90 Å². The second kappa shape index (κ2) is 6.63. The number of hydrogen-bond acceptors (Lipinski definition) is 5. The van der Waals surface area contributed by atoms with Crippen molar-refractivity contribution in [1.29, 1.82) is 0 Å². The first kappa shape index (κ1) is 15.4. The van der Waals surface area contributed by atoms with Crippen molar-refractivity contribution in [1.82, 2.24) is 9.97 Å². The Bertz CT molecular complexity index is 617. The normalized spacial score (nSPS) is 12.6. The first-order valence-corrected chi connectivity index (χ1v) is 7.03. The minimum atomic E-state index is -0.0461. The zero-order chi connectivity index (χ0) is 15.4. The number of halogens is 1. The molecule has 6 heteroatoms. The number of aryl methyl sites for hydroxylation is 1. The molecule has 5 nitrogen and oxygen atoms in total. The lowest BCUT2D eigenvalue weighted by atomic mass is 10.1. The van der Waals surface area contributed by atoms with E-state index >= 15 is 0 Å². The summed E-state index contributed by atoms with van der Waals surface area (Å²) in [5.74, 6) is 1.06. The van der Waals surface area contributed by atoms with Crippen molar-refractivity contribution in [2.24, 2.45) is 10.2 Å². The molecule has 0 bridgehead atoms. The predicted octanol–water partition coefficient (Wildman–Crippen LogP) is 4.35. The molecule has 2 rings (SSSR count). The topological polar surface area (TPSA) is 53.7 Å². The van der Waals surface area contributed by atoms with Crippen LogP contribution in [0.2, 0.25) is 5.15 Å². The van der Waals surface area contributed by atoms with Crippen LogP contribution < -0.4 is 4.90 Å². The summed E-state index contributed by atoms with van der Waals surface area (Å²) in [6, 6.07) is 9.78. The Labute approximate surface area is 129 Å². The highest BCUT2D eigenvalue weighted by atomic mass is 35.5. The van der Waals surface area contributed by atoms with Crippen molar-refractivity contribution in [2.75, 3.05) is 19.0 Å². The second-order valence-corrected chi connectivity index (χ2v) is 5.36. The van der Waals surface area contributed by atoms with Gasteiger partial charge in [-0.3, -0.25) is 0 Å². The Morgan fingerprint density at radius 1 is 1.14 bits per heavy atom. The summed E-state index contributed by atoms with van der Waals surface area (Å²) in [6.07, 6.45) is 0. The van der Waals surface area contributed by atoms with Crippen molar-refractivity contribution in [2.45, 2.75) is 19.9 Å². The van der Waals surface area contributed by atoms with Gasteiger partial charge in [-0.2, -0.15) is 5.11 Å². The molecule has 2 aromatic rings. The number of rotatable bonds is 4. The lowest BCUT2D eigenvalue weighted by molar-refractivity contribution is 0.758. The molecule has 0 saturated carbocycles. The van der Waals surface area contributed by atoms with Gasteiger partial charge in [0.05, 0.1) is 6.04 Å². The molecule has 0 aliphatic heterocycles. The quantitative estimate of drug-likeness (QED) is 0.623. The van der Waals surface area contributed by atoms with E-state index in [1.165, 1.54) is 0 Å². The van der Waals surface area contributed by atoms with Gasteiger partial charge in [-0.1, -0.05) is 23.7 Å². The van der Waals surface area contributed by atoms with Gasteiger partial charge in [-0.15, -0.1) is 5.11 Å². The molecule has 0 aliphatic carbocycles. The fourth-order valence-electron chi connectivity index (χ4n) is 1.83. The number of aromatic nitrogens is 2. The Morgan fingerprint density at radius 3 is 2.38 bits per heavy atom. The van der Waals surface area contributed by atoms with E-state index in [9.17, 15) is 0 Å². The molecule has 0 saturated heterocycles. The van der Waals surface area contributed by atoms with Crippen LogP contribution in [0.1, 0.15) is 24.4 Å². The summed E-state index contributed by atoms with van der Waals surface area (Å²) in [6.45, 7) is 3.76. The number of azo groups is 1. The van der Waals surface area contributed by atoms with Crippen LogP contribution in [0.4, 0.5) is 11.5 Å². The molecule has 0 spiro atoms. The maximum Gasteiger partial charge on any atom is 0.178 e. The first-order valence-electron chi connectivity index (χ1n) is 6.65. The Morgan fingerprint density at radius 2 is 1.81 bits per heavy atom. The number of hydrogen-bond donors (Lipinski definition) is 0. The van der Waals surface area contributed by atoms with Crippen LogP contribution in [-0.4, -0.2) is 24.1 Å². The van der Waals surface area contributed by atoms with Gasteiger partial charge in [0.25, 0.3) is 0 Å².